The summed E-state index contributed by atoms with van der Waals surface area (Å²) < 4.78 is 0. The van der Waals surface area contributed by atoms with Gasteiger partial charge in [-0.15, -0.1) is 0 Å². The lowest BCUT2D eigenvalue weighted by Crippen LogP contribution is -2.58. The lowest BCUT2D eigenvalue weighted by atomic mass is 9.98. The minimum atomic E-state index is -0.161. The Morgan fingerprint density at radius 1 is 1.29 bits per heavy atom. The molecule has 2 heterocycles. The molecule has 1 amide bonds. The standard InChI is InChI=1S/C14H17Cl2N3O2/c15-9-1-2-11(20)12(13(9)16)10-3-7(4-18-10)14(21)19-8-5-17-6-8/h1-2,7-8,10,17-18,20H,3-6H2,(H,19,21)/t7-,10-/m1/s1. The van der Waals surface area contributed by atoms with Crippen LogP contribution in [0.15, 0.2) is 12.1 Å². The summed E-state index contributed by atoms with van der Waals surface area (Å²) in [5, 5.41) is 20.1. The second-order valence-corrected chi connectivity index (χ2v) is 6.34. The van der Waals surface area contributed by atoms with E-state index in [1.54, 1.807) is 6.07 Å². The fourth-order valence-corrected chi connectivity index (χ4v) is 3.21. The number of benzene rings is 1. The Balaban J connectivity index is 1.69. The predicted octanol–water partition coefficient (Wildman–Crippen LogP) is 1.44. The molecule has 21 heavy (non-hydrogen) atoms. The van der Waals surface area contributed by atoms with Gasteiger partial charge < -0.3 is 21.1 Å². The molecule has 2 fully saturated rings. The van der Waals surface area contributed by atoms with Crippen molar-refractivity contribution in [3.05, 3.63) is 27.7 Å². The van der Waals surface area contributed by atoms with E-state index in [0.29, 0.717) is 28.6 Å². The van der Waals surface area contributed by atoms with Gasteiger partial charge in [0.2, 0.25) is 5.91 Å². The molecule has 0 radical (unpaired) electrons. The molecule has 2 aliphatic rings. The first kappa shape index (κ1) is 14.9. The van der Waals surface area contributed by atoms with Crippen LogP contribution in [0, 0.1) is 5.92 Å². The van der Waals surface area contributed by atoms with Crippen LogP contribution in [0.1, 0.15) is 18.0 Å². The van der Waals surface area contributed by atoms with Crippen LogP contribution in [0.2, 0.25) is 10.0 Å². The van der Waals surface area contributed by atoms with Crippen molar-refractivity contribution in [1.29, 1.82) is 0 Å². The summed E-state index contributed by atoms with van der Waals surface area (Å²) in [6, 6.07) is 3.16. The van der Waals surface area contributed by atoms with Crippen molar-refractivity contribution in [1.82, 2.24) is 16.0 Å². The summed E-state index contributed by atoms with van der Waals surface area (Å²) >= 11 is 12.2. The average Bonchev–Trinajstić information content (AvgIpc) is 2.88. The summed E-state index contributed by atoms with van der Waals surface area (Å²) in [5.41, 5.74) is 0.574. The summed E-state index contributed by atoms with van der Waals surface area (Å²) in [6.45, 7) is 2.23. The number of carbonyl (C=O) groups excluding carboxylic acids is 1. The molecule has 2 aliphatic heterocycles. The van der Waals surface area contributed by atoms with Crippen LogP contribution in [-0.2, 0) is 4.79 Å². The van der Waals surface area contributed by atoms with Crippen molar-refractivity contribution in [2.45, 2.75) is 18.5 Å². The monoisotopic (exact) mass is 329 g/mol. The summed E-state index contributed by atoms with van der Waals surface area (Å²) in [5.74, 6) is 0.0327. The van der Waals surface area contributed by atoms with Crippen molar-refractivity contribution in [3.8, 4) is 5.75 Å². The van der Waals surface area contributed by atoms with E-state index in [1.165, 1.54) is 6.07 Å². The number of hydrogen-bond donors (Lipinski definition) is 4. The van der Waals surface area contributed by atoms with Crippen molar-refractivity contribution < 1.29 is 9.90 Å². The number of halogens is 2. The topological polar surface area (TPSA) is 73.4 Å². The quantitative estimate of drug-likeness (QED) is 0.677. The third kappa shape index (κ3) is 2.97. The Kier molecular flexibility index (Phi) is 4.26. The van der Waals surface area contributed by atoms with Gasteiger partial charge >= 0.3 is 0 Å². The lowest BCUT2D eigenvalue weighted by Gasteiger charge is -2.29. The minimum Gasteiger partial charge on any atom is -0.508 e. The predicted molar refractivity (Wildman–Crippen MR) is 81.8 cm³/mol. The molecule has 0 spiro atoms. The van der Waals surface area contributed by atoms with Gasteiger partial charge in [0.25, 0.3) is 0 Å². The molecule has 7 heteroatoms. The van der Waals surface area contributed by atoms with Crippen LogP contribution < -0.4 is 16.0 Å². The molecule has 1 aromatic rings. The van der Waals surface area contributed by atoms with Gasteiger partial charge in [-0.3, -0.25) is 4.79 Å². The van der Waals surface area contributed by atoms with Crippen molar-refractivity contribution in [3.63, 3.8) is 0 Å². The van der Waals surface area contributed by atoms with E-state index in [4.69, 9.17) is 23.2 Å². The van der Waals surface area contributed by atoms with Gasteiger partial charge in [-0.1, -0.05) is 23.2 Å². The molecule has 2 saturated heterocycles. The van der Waals surface area contributed by atoms with Crippen molar-refractivity contribution in [2.75, 3.05) is 19.6 Å². The fourth-order valence-electron chi connectivity index (χ4n) is 2.75. The zero-order valence-corrected chi connectivity index (χ0v) is 12.8. The molecule has 4 N–H and O–H groups in total. The molecular formula is C14H17Cl2N3O2. The Morgan fingerprint density at radius 2 is 2.05 bits per heavy atom. The van der Waals surface area contributed by atoms with Gasteiger partial charge in [0.05, 0.1) is 22.0 Å². The zero-order valence-electron chi connectivity index (χ0n) is 11.3. The molecule has 0 aromatic heterocycles. The number of phenolic OH excluding ortho intramolecular Hbond substituents is 1. The van der Waals surface area contributed by atoms with Gasteiger partial charge in [-0.2, -0.15) is 0 Å². The highest BCUT2D eigenvalue weighted by molar-refractivity contribution is 6.42. The maximum Gasteiger partial charge on any atom is 0.224 e. The Hall–Kier alpha value is -1.01. The Labute approximate surface area is 133 Å². The molecule has 3 rings (SSSR count). The summed E-state index contributed by atoms with van der Waals surface area (Å²) in [4.78, 5) is 12.2. The largest absolute Gasteiger partial charge is 0.508 e. The first-order valence-corrected chi connectivity index (χ1v) is 7.73. The Morgan fingerprint density at radius 3 is 2.71 bits per heavy atom. The van der Waals surface area contributed by atoms with Crippen LogP contribution in [0.4, 0.5) is 0 Å². The molecule has 0 saturated carbocycles. The first-order valence-electron chi connectivity index (χ1n) is 6.97. The number of rotatable bonds is 3. The maximum absolute atomic E-state index is 12.2. The van der Waals surface area contributed by atoms with E-state index in [9.17, 15) is 9.90 Å². The van der Waals surface area contributed by atoms with E-state index in [2.05, 4.69) is 16.0 Å². The highest BCUT2D eigenvalue weighted by Crippen LogP contribution is 2.40. The van der Waals surface area contributed by atoms with E-state index in [-0.39, 0.29) is 29.7 Å². The van der Waals surface area contributed by atoms with Gasteiger partial charge in [-0.25, -0.2) is 0 Å². The van der Waals surface area contributed by atoms with Crippen LogP contribution >= 0.6 is 23.2 Å². The summed E-state index contributed by atoms with van der Waals surface area (Å²) in [7, 11) is 0. The first-order chi connectivity index (χ1) is 10.1. The van der Waals surface area contributed by atoms with E-state index in [0.717, 1.165) is 13.1 Å². The maximum atomic E-state index is 12.2. The van der Waals surface area contributed by atoms with Gasteiger partial charge in [0.1, 0.15) is 5.75 Å². The highest BCUT2D eigenvalue weighted by Gasteiger charge is 2.34. The third-order valence-electron chi connectivity index (χ3n) is 4.09. The smallest absolute Gasteiger partial charge is 0.224 e. The van der Waals surface area contributed by atoms with E-state index in [1.807, 2.05) is 0 Å². The molecule has 5 nitrogen and oxygen atoms in total. The highest BCUT2D eigenvalue weighted by atomic mass is 35.5. The number of phenols is 1. The van der Waals surface area contributed by atoms with Gasteiger partial charge in [-0.05, 0) is 18.6 Å². The third-order valence-corrected chi connectivity index (χ3v) is 4.91. The number of hydrogen-bond acceptors (Lipinski definition) is 4. The number of carbonyl (C=O) groups is 1. The number of amides is 1. The molecule has 1 aromatic carbocycles. The Bertz CT molecular complexity index is 563. The van der Waals surface area contributed by atoms with Gasteiger partial charge in [0, 0.05) is 31.2 Å². The summed E-state index contributed by atoms with van der Waals surface area (Å²) in [6.07, 6.45) is 0.597. The van der Waals surface area contributed by atoms with Crippen molar-refractivity contribution >= 4 is 29.1 Å². The van der Waals surface area contributed by atoms with Crippen molar-refractivity contribution in [2.24, 2.45) is 5.92 Å². The second-order valence-electron chi connectivity index (χ2n) is 5.55. The second kappa shape index (κ2) is 6.01. The van der Waals surface area contributed by atoms with Crippen LogP contribution in [0.5, 0.6) is 5.75 Å². The number of nitrogens with one attached hydrogen (secondary N) is 3. The SMILES string of the molecule is O=C(NC1CNC1)[C@H]1CN[C@@H](c2c(O)ccc(Cl)c2Cl)C1. The molecule has 0 aliphatic carbocycles. The van der Waals surface area contributed by atoms with E-state index < -0.39 is 0 Å². The molecular weight excluding hydrogens is 313 g/mol. The van der Waals surface area contributed by atoms with Crippen LogP contribution in [0.25, 0.3) is 0 Å². The molecule has 0 bridgehead atoms. The fraction of sp³-hybridized carbons (Fsp3) is 0.500. The van der Waals surface area contributed by atoms with E-state index >= 15 is 0 Å². The molecule has 2 atom stereocenters. The number of aromatic hydroxyl groups is 1. The van der Waals surface area contributed by atoms with Gasteiger partial charge in [0.15, 0.2) is 0 Å². The zero-order chi connectivity index (χ0) is 15.0. The van der Waals surface area contributed by atoms with Crippen LogP contribution in [0.3, 0.4) is 0 Å². The molecule has 0 unspecified atom stereocenters. The molecule has 114 valence electrons. The van der Waals surface area contributed by atoms with Crippen LogP contribution in [-0.4, -0.2) is 36.7 Å². The average molecular weight is 330 g/mol. The lowest BCUT2D eigenvalue weighted by molar-refractivity contribution is -0.125. The minimum absolute atomic E-state index is 0.0501. The normalized spacial score (nSPS) is 25.6.